The van der Waals surface area contributed by atoms with Crippen molar-refractivity contribution in [3.8, 4) is 0 Å². The van der Waals surface area contributed by atoms with Crippen LogP contribution < -0.4 is 4.90 Å². The molecule has 1 aromatic carbocycles. The van der Waals surface area contributed by atoms with E-state index >= 15 is 0 Å². The molecule has 1 aromatic rings. The van der Waals surface area contributed by atoms with Gasteiger partial charge in [0.05, 0.1) is 35.9 Å². The monoisotopic (exact) mass is 542 g/mol. The van der Waals surface area contributed by atoms with Gasteiger partial charge in [-0.2, -0.15) is 0 Å². The molecule has 1 spiro atoms. The van der Waals surface area contributed by atoms with Crippen LogP contribution in [0.15, 0.2) is 42.5 Å². The number of hydrogen-bond acceptors (Lipinski definition) is 6. The van der Waals surface area contributed by atoms with E-state index in [0.717, 1.165) is 5.56 Å². The first kappa shape index (κ1) is 26.9. The van der Waals surface area contributed by atoms with Gasteiger partial charge in [-0.25, -0.2) is 0 Å². The Balaban J connectivity index is 1.73. The molecule has 0 aromatic heterocycles. The number of halogens is 1. The third-order valence-corrected chi connectivity index (χ3v) is 8.92. The van der Waals surface area contributed by atoms with Gasteiger partial charge in [-0.3, -0.25) is 14.4 Å². The fourth-order valence-electron chi connectivity index (χ4n) is 6.81. The highest BCUT2D eigenvalue weighted by Crippen LogP contribution is 2.59. The molecule has 4 heterocycles. The van der Waals surface area contributed by atoms with E-state index in [1.54, 1.807) is 17.0 Å². The lowest BCUT2D eigenvalue weighted by atomic mass is 9.73. The molecule has 9 heteroatoms. The summed E-state index contributed by atoms with van der Waals surface area (Å²) in [6, 6.07) is 3.67. The van der Waals surface area contributed by atoms with Crippen molar-refractivity contribution in [2.75, 3.05) is 24.7 Å². The number of aliphatic hydroxyl groups is 1. The summed E-state index contributed by atoms with van der Waals surface area (Å²) in [5.41, 5.74) is -1.14. The third kappa shape index (κ3) is 3.75. The van der Waals surface area contributed by atoms with Crippen molar-refractivity contribution in [3.63, 3.8) is 0 Å². The Kier molecular flexibility index (Phi) is 6.95. The van der Waals surface area contributed by atoms with Crippen LogP contribution in [0, 0.1) is 24.7 Å². The van der Waals surface area contributed by atoms with Crippen LogP contribution in [0.5, 0.6) is 0 Å². The molecule has 4 aliphatic heterocycles. The van der Waals surface area contributed by atoms with Gasteiger partial charge in [0.25, 0.3) is 5.91 Å². The molecule has 0 aliphatic carbocycles. The Morgan fingerprint density at radius 2 is 1.89 bits per heavy atom. The summed E-state index contributed by atoms with van der Waals surface area (Å²) in [6.07, 6.45) is 8.38. The van der Waals surface area contributed by atoms with Gasteiger partial charge in [0.15, 0.2) is 0 Å². The van der Waals surface area contributed by atoms with E-state index in [-0.39, 0.29) is 37.5 Å². The number of benzene rings is 1. The molecule has 204 valence electrons. The van der Waals surface area contributed by atoms with Crippen LogP contribution in [0.4, 0.5) is 5.69 Å². The van der Waals surface area contributed by atoms with Gasteiger partial charge in [-0.1, -0.05) is 68.8 Å². The molecule has 38 heavy (non-hydrogen) atoms. The van der Waals surface area contributed by atoms with Crippen molar-refractivity contribution in [1.82, 2.24) is 4.90 Å². The van der Waals surface area contributed by atoms with Crippen LogP contribution in [-0.2, 0) is 23.9 Å². The van der Waals surface area contributed by atoms with Crippen molar-refractivity contribution in [2.24, 2.45) is 17.8 Å². The first-order chi connectivity index (χ1) is 18.1. The Hall–Kier alpha value is -2.68. The van der Waals surface area contributed by atoms with E-state index in [4.69, 9.17) is 21.1 Å². The normalized spacial score (nSPS) is 33.4. The average Bonchev–Trinajstić information content (AvgIpc) is 3.21. The fourth-order valence-corrected chi connectivity index (χ4v) is 7.13. The number of ether oxygens (including phenoxy) is 2. The number of likely N-dealkylation sites (tertiary alicyclic amines) is 1. The van der Waals surface area contributed by atoms with Gasteiger partial charge in [-0.15, -0.1) is 0 Å². The summed E-state index contributed by atoms with van der Waals surface area (Å²) < 4.78 is 12.5. The van der Waals surface area contributed by atoms with Gasteiger partial charge >= 0.3 is 5.97 Å². The number of carbonyl (C=O) groups is 3. The Morgan fingerprint density at radius 3 is 2.55 bits per heavy atom. The second-order valence-electron chi connectivity index (χ2n) is 11.0. The SMILES string of the molecule is CC[C@@]12C=CCCOC(=O)[C@@H]1[C@H]1C(=O)N([C@@H](CO)C(C)C)C3C(=O)N(c4c(C)cccc4Cl)CC=C[C@@]31O2. The maximum atomic E-state index is 14.6. The average molecular weight is 543 g/mol. The molecule has 2 fully saturated rings. The summed E-state index contributed by atoms with van der Waals surface area (Å²) >= 11 is 6.60. The van der Waals surface area contributed by atoms with E-state index in [1.165, 1.54) is 4.90 Å². The predicted octanol–water partition coefficient (Wildman–Crippen LogP) is 3.43. The number of esters is 1. The molecular weight excluding hydrogens is 508 g/mol. The number of cyclic esters (lactones) is 1. The molecule has 1 unspecified atom stereocenters. The van der Waals surface area contributed by atoms with Crippen LogP contribution in [0.25, 0.3) is 0 Å². The molecule has 1 N–H and O–H groups in total. The van der Waals surface area contributed by atoms with E-state index in [0.29, 0.717) is 23.6 Å². The Labute approximate surface area is 228 Å². The second-order valence-corrected chi connectivity index (χ2v) is 11.4. The number of anilines is 1. The number of aliphatic hydroxyl groups excluding tert-OH is 1. The Morgan fingerprint density at radius 1 is 1.13 bits per heavy atom. The summed E-state index contributed by atoms with van der Waals surface area (Å²) in [4.78, 5) is 45.6. The molecule has 8 nitrogen and oxygen atoms in total. The van der Waals surface area contributed by atoms with E-state index < -0.39 is 41.1 Å². The van der Waals surface area contributed by atoms with Crippen LogP contribution in [-0.4, -0.2) is 70.8 Å². The maximum Gasteiger partial charge on any atom is 0.313 e. The molecular formula is C29H35ClN2O6. The summed E-state index contributed by atoms with van der Waals surface area (Å²) in [7, 11) is 0. The van der Waals surface area contributed by atoms with Crippen molar-refractivity contribution in [2.45, 2.75) is 63.8 Å². The molecule has 2 amide bonds. The van der Waals surface area contributed by atoms with Crippen molar-refractivity contribution < 1.29 is 29.0 Å². The van der Waals surface area contributed by atoms with Crippen molar-refractivity contribution >= 4 is 35.1 Å². The number of aryl methyl sites for hydroxylation is 1. The highest BCUT2D eigenvalue weighted by atomic mass is 35.5. The van der Waals surface area contributed by atoms with Crippen LogP contribution in [0.2, 0.25) is 5.02 Å². The largest absolute Gasteiger partial charge is 0.465 e. The lowest BCUT2D eigenvalue weighted by Crippen LogP contribution is -2.60. The minimum Gasteiger partial charge on any atom is -0.465 e. The van der Waals surface area contributed by atoms with Crippen molar-refractivity contribution in [3.05, 3.63) is 53.1 Å². The summed E-state index contributed by atoms with van der Waals surface area (Å²) in [6.45, 7) is 7.68. The quantitative estimate of drug-likeness (QED) is 0.452. The number of rotatable bonds is 5. The van der Waals surface area contributed by atoms with Gasteiger partial charge in [-0.05, 0) is 37.3 Å². The van der Waals surface area contributed by atoms with E-state index in [9.17, 15) is 19.5 Å². The van der Waals surface area contributed by atoms with Crippen LogP contribution in [0.3, 0.4) is 0 Å². The zero-order chi connectivity index (χ0) is 27.4. The zero-order valence-corrected chi connectivity index (χ0v) is 23.0. The molecule has 2 saturated heterocycles. The number of carbonyl (C=O) groups excluding carboxylic acids is 3. The molecule has 0 saturated carbocycles. The standard InChI is InChI=1S/C29H35ClN2O6/c1-5-28-12-6-7-15-37-27(36)22(28)21-25(34)32(20(16-33)17(2)3)24-26(35)31(14-9-13-29(21,24)38-28)23-18(4)10-8-11-19(23)30/h6,8-13,17,20-22,24,33H,5,7,14-16H2,1-4H3/t20-,21-,22-,24?,28+,29-/m0/s1. The predicted molar refractivity (Wildman–Crippen MR) is 143 cm³/mol. The van der Waals surface area contributed by atoms with Crippen molar-refractivity contribution in [1.29, 1.82) is 0 Å². The summed E-state index contributed by atoms with van der Waals surface area (Å²) in [5.74, 6) is -3.31. The van der Waals surface area contributed by atoms with Crippen LogP contribution in [0.1, 0.15) is 39.2 Å². The molecule has 4 aliphatic rings. The third-order valence-electron chi connectivity index (χ3n) is 8.61. The maximum absolute atomic E-state index is 14.6. The topological polar surface area (TPSA) is 96.4 Å². The summed E-state index contributed by atoms with van der Waals surface area (Å²) in [5, 5.41) is 10.8. The molecule has 6 atom stereocenters. The minimum atomic E-state index is -1.42. The number of hydrogen-bond donors (Lipinski definition) is 1. The zero-order valence-electron chi connectivity index (χ0n) is 22.2. The smallest absolute Gasteiger partial charge is 0.313 e. The first-order valence-corrected chi connectivity index (χ1v) is 13.7. The second kappa shape index (κ2) is 9.81. The number of para-hydroxylation sites is 1. The molecule has 0 radical (unpaired) electrons. The van der Waals surface area contributed by atoms with E-state index in [2.05, 4.69) is 0 Å². The number of nitrogens with zero attached hydrogens (tertiary/aromatic N) is 2. The van der Waals surface area contributed by atoms with Gasteiger partial charge in [0.1, 0.15) is 23.2 Å². The lowest BCUT2D eigenvalue weighted by molar-refractivity contribution is -0.162. The highest BCUT2D eigenvalue weighted by molar-refractivity contribution is 6.34. The van der Waals surface area contributed by atoms with E-state index in [1.807, 2.05) is 58.1 Å². The van der Waals surface area contributed by atoms with Gasteiger partial charge in [0.2, 0.25) is 5.91 Å². The molecule has 5 rings (SSSR count). The first-order valence-electron chi connectivity index (χ1n) is 13.3. The van der Waals surface area contributed by atoms with Gasteiger partial charge < -0.3 is 24.4 Å². The van der Waals surface area contributed by atoms with Crippen LogP contribution >= 0.6 is 11.6 Å². The fraction of sp³-hybridized carbons (Fsp3) is 0.552. The number of fused-ring (bicyclic) bond motifs is 2. The van der Waals surface area contributed by atoms with Gasteiger partial charge in [0, 0.05) is 6.54 Å². The Bertz CT molecular complexity index is 1190. The molecule has 0 bridgehead atoms. The number of amides is 2. The lowest BCUT2D eigenvalue weighted by Gasteiger charge is -2.42. The minimum absolute atomic E-state index is 0.157. The highest BCUT2D eigenvalue weighted by Gasteiger charge is 2.76.